The van der Waals surface area contributed by atoms with Gasteiger partial charge in [0.1, 0.15) is 0 Å². The van der Waals surface area contributed by atoms with Gasteiger partial charge in [0.15, 0.2) is 11.5 Å². The van der Waals surface area contributed by atoms with Gasteiger partial charge in [0.2, 0.25) is 0 Å². The molecule has 0 radical (unpaired) electrons. The predicted molar refractivity (Wildman–Crippen MR) is 62.1 cm³/mol. The molecule has 0 bridgehead atoms. The van der Waals surface area contributed by atoms with E-state index in [4.69, 9.17) is 16.7 Å². The molecule has 0 aliphatic rings. The maximum atomic E-state index is 11.5. The van der Waals surface area contributed by atoms with Gasteiger partial charge in [0, 0.05) is 18.0 Å². The van der Waals surface area contributed by atoms with Crippen LogP contribution in [-0.4, -0.2) is 28.5 Å². The second-order valence-electron chi connectivity index (χ2n) is 3.36. The predicted octanol–water partition coefficient (Wildman–Crippen LogP) is 1.85. The highest BCUT2D eigenvalue weighted by molar-refractivity contribution is 6.17. The lowest BCUT2D eigenvalue weighted by Gasteiger charge is -2.05. The summed E-state index contributed by atoms with van der Waals surface area (Å²) in [7, 11) is 0. The largest absolute Gasteiger partial charge is 0.504 e. The third-order valence-electron chi connectivity index (χ3n) is 2.08. The van der Waals surface area contributed by atoms with Crippen molar-refractivity contribution in [3.8, 4) is 11.5 Å². The molecule has 0 aliphatic heterocycles. The number of aromatic hydroxyl groups is 2. The standard InChI is InChI=1S/C11H14ClNO3/c12-5-1-2-6-13-11(16)8-3-4-9(14)10(15)7-8/h3-4,7,14-15H,1-2,5-6H2,(H,13,16). The second-order valence-corrected chi connectivity index (χ2v) is 3.73. The van der Waals surface area contributed by atoms with Crippen molar-refractivity contribution in [1.29, 1.82) is 0 Å². The number of rotatable bonds is 5. The van der Waals surface area contributed by atoms with Crippen LogP contribution in [0.3, 0.4) is 0 Å². The van der Waals surface area contributed by atoms with E-state index in [2.05, 4.69) is 5.32 Å². The number of alkyl halides is 1. The molecule has 0 unspecified atom stereocenters. The number of hydrogen-bond donors (Lipinski definition) is 3. The summed E-state index contributed by atoms with van der Waals surface area (Å²) in [5.41, 5.74) is 0.321. The first kappa shape index (κ1) is 12.6. The van der Waals surface area contributed by atoms with E-state index in [0.29, 0.717) is 18.0 Å². The molecule has 0 spiro atoms. The van der Waals surface area contributed by atoms with Crippen molar-refractivity contribution in [2.45, 2.75) is 12.8 Å². The fraction of sp³-hybridized carbons (Fsp3) is 0.364. The number of halogens is 1. The number of amides is 1. The first-order valence-corrected chi connectivity index (χ1v) is 5.54. The molecule has 0 saturated carbocycles. The Hall–Kier alpha value is -1.42. The molecule has 1 aromatic rings. The van der Waals surface area contributed by atoms with Crippen molar-refractivity contribution in [3.05, 3.63) is 23.8 Å². The van der Waals surface area contributed by atoms with Gasteiger partial charge in [-0.3, -0.25) is 4.79 Å². The number of hydrogen-bond acceptors (Lipinski definition) is 3. The lowest BCUT2D eigenvalue weighted by molar-refractivity contribution is 0.0952. The molecular weight excluding hydrogens is 230 g/mol. The van der Waals surface area contributed by atoms with Crippen LogP contribution in [0.5, 0.6) is 11.5 Å². The Kier molecular flexibility index (Phi) is 4.92. The van der Waals surface area contributed by atoms with Gasteiger partial charge in [-0.25, -0.2) is 0 Å². The van der Waals surface area contributed by atoms with E-state index in [-0.39, 0.29) is 17.4 Å². The summed E-state index contributed by atoms with van der Waals surface area (Å²) in [5, 5.41) is 21.0. The molecule has 5 heteroatoms. The number of carbonyl (C=O) groups excluding carboxylic acids is 1. The molecule has 3 N–H and O–H groups in total. The fourth-order valence-corrected chi connectivity index (χ4v) is 1.38. The van der Waals surface area contributed by atoms with E-state index in [1.54, 1.807) is 0 Å². The summed E-state index contributed by atoms with van der Waals surface area (Å²) in [5.74, 6) is -0.229. The highest BCUT2D eigenvalue weighted by Gasteiger charge is 2.07. The third-order valence-corrected chi connectivity index (χ3v) is 2.35. The molecule has 1 rings (SSSR count). The van der Waals surface area contributed by atoms with Crippen LogP contribution in [0, 0.1) is 0 Å². The third kappa shape index (κ3) is 3.62. The van der Waals surface area contributed by atoms with Crippen molar-refractivity contribution < 1.29 is 15.0 Å². The van der Waals surface area contributed by atoms with Crippen LogP contribution in [0.1, 0.15) is 23.2 Å². The number of nitrogens with one attached hydrogen (secondary N) is 1. The lowest BCUT2D eigenvalue weighted by atomic mass is 10.2. The Balaban J connectivity index is 2.50. The molecule has 16 heavy (non-hydrogen) atoms. The van der Waals surface area contributed by atoms with Crippen LogP contribution in [-0.2, 0) is 0 Å². The molecule has 88 valence electrons. The monoisotopic (exact) mass is 243 g/mol. The molecular formula is C11H14ClNO3. The van der Waals surface area contributed by atoms with Gasteiger partial charge in [-0.1, -0.05) is 0 Å². The molecule has 1 aromatic carbocycles. The van der Waals surface area contributed by atoms with Gasteiger partial charge in [-0.15, -0.1) is 11.6 Å². The molecule has 1 amide bonds. The normalized spacial score (nSPS) is 10.1. The number of unbranched alkanes of at least 4 members (excludes halogenated alkanes) is 1. The fourth-order valence-electron chi connectivity index (χ4n) is 1.19. The van der Waals surface area contributed by atoms with Crippen molar-refractivity contribution in [2.75, 3.05) is 12.4 Å². The Bertz CT molecular complexity index is 368. The number of carbonyl (C=O) groups is 1. The topological polar surface area (TPSA) is 69.6 Å². The van der Waals surface area contributed by atoms with E-state index in [0.717, 1.165) is 12.8 Å². The molecule has 0 heterocycles. The van der Waals surface area contributed by atoms with Crippen molar-refractivity contribution >= 4 is 17.5 Å². The Morgan fingerprint density at radius 1 is 1.25 bits per heavy atom. The lowest BCUT2D eigenvalue weighted by Crippen LogP contribution is -2.24. The van der Waals surface area contributed by atoms with E-state index in [1.807, 2.05) is 0 Å². The Labute approximate surface area is 98.9 Å². The van der Waals surface area contributed by atoms with Gasteiger partial charge in [-0.05, 0) is 31.0 Å². The van der Waals surface area contributed by atoms with Crippen LogP contribution in [0.2, 0.25) is 0 Å². The summed E-state index contributed by atoms with van der Waals surface area (Å²) in [4.78, 5) is 11.5. The summed E-state index contributed by atoms with van der Waals surface area (Å²) in [6.45, 7) is 0.549. The van der Waals surface area contributed by atoms with Gasteiger partial charge in [-0.2, -0.15) is 0 Å². The zero-order valence-corrected chi connectivity index (χ0v) is 9.50. The maximum absolute atomic E-state index is 11.5. The van der Waals surface area contributed by atoms with E-state index in [1.165, 1.54) is 18.2 Å². The first-order chi connectivity index (χ1) is 7.65. The number of phenols is 2. The second kappa shape index (κ2) is 6.23. The highest BCUT2D eigenvalue weighted by Crippen LogP contribution is 2.24. The zero-order valence-electron chi connectivity index (χ0n) is 8.74. The van der Waals surface area contributed by atoms with Crippen molar-refractivity contribution in [3.63, 3.8) is 0 Å². The van der Waals surface area contributed by atoms with Crippen LogP contribution in [0.15, 0.2) is 18.2 Å². The molecule has 0 fully saturated rings. The minimum absolute atomic E-state index is 0.237. The van der Waals surface area contributed by atoms with Crippen molar-refractivity contribution in [2.24, 2.45) is 0 Å². The maximum Gasteiger partial charge on any atom is 0.251 e. The summed E-state index contributed by atoms with van der Waals surface area (Å²) in [6.07, 6.45) is 1.67. The van der Waals surface area contributed by atoms with Crippen LogP contribution < -0.4 is 5.32 Å². The average molecular weight is 244 g/mol. The molecule has 0 aliphatic carbocycles. The Morgan fingerprint density at radius 2 is 2.00 bits per heavy atom. The molecule has 0 aromatic heterocycles. The van der Waals surface area contributed by atoms with Gasteiger partial charge in [0.25, 0.3) is 5.91 Å². The number of benzene rings is 1. The Morgan fingerprint density at radius 3 is 2.62 bits per heavy atom. The first-order valence-electron chi connectivity index (χ1n) is 5.01. The molecule has 0 atom stereocenters. The smallest absolute Gasteiger partial charge is 0.251 e. The van der Waals surface area contributed by atoms with Crippen LogP contribution >= 0.6 is 11.6 Å². The minimum Gasteiger partial charge on any atom is -0.504 e. The summed E-state index contributed by atoms with van der Waals surface area (Å²) in [6, 6.07) is 3.96. The van der Waals surface area contributed by atoms with Crippen LogP contribution in [0.25, 0.3) is 0 Å². The zero-order chi connectivity index (χ0) is 12.0. The SMILES string of the molecule is O=C(NCCCCCl)c1ccc(O)c(O)c1. The quantitative estimate of drug-likeness (QED) is 0.420. The van der Waals surface area contributed by atoms with E-state index in [9.17, 15) is 9.90 Å². The summed E-state index contributed by atoms with van der Waals surface area (Å²) < 4.78 is 0. The van der Waals surface area contributed by atoms with Gasteiger partial charge >= 0.3 is 0 Å². The average Bonchev–Trinajstić information content (AvgIpc) is 2.28. The van der Waals surface area contributed by atoms with E-state index < -0.39 is 0 Å². The van der Waals surface area contributed by atoms with Crippen molar-refractivity contribution in [1.82, 2.24) is 5.32 Å². The number of phenolic OH excluding ortho intramolecular Hbond substituents is 2. The van der Waals surface area contributed by atoms with Gasteiger partial charge < -0.3 is 15.5 Å². The molecule has 4 nitrogen and oxygen atoms in total. The minimum atomic E-state index is -0.298. The van der Waals surface area contributed by atoms with Crippen LogP contribution in [0.4, 0.5) is 0 Å². The summed E-state index contributed by atoms with van der Waals surface area (Å²) >= 11 is 5.50. The van der Waals surface area contributed by atoms with E-state index >= 15 is 0 Å². The van der Waals surface area contributed by atoms with Gasteiger partial charge in [0.05, 0.1) is 0 Å². The molecule has 0 saturated heterocycles. The highest BCUT2D eigenvalue weighted by atomic mass is 35.5.